The molecule has 19 heavy (non-hydrogen) atoms. The molecule has 1 aliphatic heterocycles. The molecule has 2 heterocycles. The molecule has 1 aliphatic rings. The maximum Gasteiger partial charge on any atom is 0.257 e. The average Bonchev–Trinajstić information content (AvgIpc) is 2.63. The monoisotopic (exact) mass is 265 g/mol. The van der Waals surface area contributed by atoms with Crippen molar-refractivity contribution in [2.45, 2.75) is 46.6 Å². The van der Waals surface area contributed by atoms with E-state index in [9.17, 15) is 9.90 Å². The van der Waals surface area contributed by atoms with E-state index < -0.39 is 0 Å². The molecule has 2 unspecified atom stereocenters. The van der Waals surface area contributed by atoms with Crippen molar-refractivity contribution in [2.24, 2.45) is 5.92 Å². The van der Waals surface area contributed by atoms with Gasteiger partial charge in [0.1, 0.15) is 11.5 Å². The number of hydrogen-bond acceptors (Lipinski definition) is 3. The molecule has 1 aromatic rings. The highest BCUT2D eigenvalue weighted by atomic mass is 16.3. The summed E-state index contributed by atoms with van der Waals surface area (Å²) in [4.78, 5) is 14.5. The maximum absolute atomic E-state index is 12.6. The van der Waals surface area contributed by atoms with E-state index >= 15 is 0 Å². The van der Waals surface area contributed by atoms with E-state index in [0.717, 1.165) is 17.7 Å². The third kappa shape index (κ3) is 2.54. The number of carbonyl (C=O) groups excluding carboxylic acids is 1. The SMILES string of the molecule is CCC1CN(C(=O)c2c(C)oc(C)c2C)CCC1O. The molecule has 106 valence electrons. The van der Waals surface area contributed by atoms with Gasteiger partial charge in [-0.3, -0.25) is 4.79 Å². The molecule has 0 saturated carbocycles. The number of piperidine rings is 1. The number of hydrogen-bond donors (Lipinski definition) is 1. The number of amides is 1. The number of aliphatic hydroxyl groups excluding tert-OH is 1. The van der Waals surface area contributed by atoms with Crippen molar-refractivity contribution in [3.63, 3.8) is 0 Å². The fourth-order valence-electron chi connectivity index (χ4n) is 2.87. The van der Waals surface area contributed by atoms with E-state index in [1.807, 2.05) is 25.7 Å². The summed E-state index contributed by atoms with van der Waals surface area (Å²) in [6, 6.07) is 0. The van der Waals surface area contributed by atoms with Gasteiger partial charge in [0, 0.05) is 24.6 Å². The molecule has 0 bridgehead atoms. The summed E-state index contributed by atoms with van der Waals surface area (Å²) in [7, 11) is 0. The van der Waals surface area contributed by atoms with E-state index in [4.69, 9.17) is 4.42 Å². The molecule has 0 aliphatic carbocycles. The van der Waals surface area contributed by atoms with Crippen LogP contribution in [0.25, 0.3) is 0 Å². The van der Waals surface area contributed by atoms with Gasteiger partial charge in [-0.05, 0) is 33.6 Å². The van der Waals surface area contributed by atoms with E-state index in [1.165, 1.54) is 0 Å². The predicted octanol–water partition coefficient (Wildman–Crippen LogP) is 2.44. The summed E-state index contributed by atoms with van der Waals surface area (Å²) in [6.07, 6.45) is 1.29. The first-order chi connectivity index (χ1) is 8.95. The van der Waals surface area contributed by atoms with Gasteiger partial charge in [-0.15, -0.1) is 0 Å². The fraction of sp³-hybridized carbons (Fsp3) is 0.667. The van der Waals surface area contributed by atoms with Crippen LogP contribution in [0.2, 0.25) is 0 Å². The molecule has 1 N–H and O–H groups in total. The highest BCUT2D eigenvalue weighted by Crippen LogP contribution is 2.26. The standard InChI is InChI=1S/C15H23NO3/c1-5-12-8-16(7-6-13(12)17)15(18)14-9(2)10(3)19-11(14)4/h12-13,17H,5-8H2,1-4H3. The van der Waals surface area contributed by atoms with Crippen LogP contribution in [0.5, 0.6) is 0 Å². The van der Waals surface area contributed by atoms with Crippen LogP contribution in [0.3, 0.4) is 0 Å². The summed E-state index contributed by atoms with van der Waals surface area (Å²) >= 11 is 0. The number of furan rings is 1. The van der Waals surface area contributed by atoms with Crippen molar-refractivity contribution in [1.29, 1.82) is 0 Å². The summed E-state index contributed by atoms with van der Waals surface area (Å²) in [5.74, 6) is 1.73. The van der Waals surface area contributed by atoms with Gasteiger partial charge in [0.2, 0.25) is 0 Å². The second-order valence-corrected chi connectivity index (χ2v) is 5.49. The van der Waals surface area contributed by atoms with Crippen LogP contribution in [0.1, 0.15) is 47.2 Å². The first kappa shape index (κ1) is 14.1. The zero-order valence-electron chi connectivity index (χ0n) is 12.2. The third-order valence-corrected chi connectivity index (χ3v) is 4.28. The van der Waals surface area contributed by atoms with E-state index in [0.29, 0.717) is 30.8 Å². The quantitative estimate of drug-likeness (QED) is 0.893. The lowest BCUT2D eigenvalue weighted by molar-refractivity contribution is 0.0228. The lowest BCUT2D eigenvalue weighted by atomic mass is 9.92. The zero-order valence-corrected chi connectivity index (χ0v) is 12.2. The number of likely N-dealkylation sites (tertiary alicyclic amines) is 1. The summed E-state index contributed by atoms with van der Waals surface area (Å²) in [5.41, 5.74) is 1.63. The molecule has 2 atom stereocenters. The third-order valence-electron chi connectivity index (χ3n) is 4.28. The number of carbonyl (C=O) groups is 1. The van der Waals surface area contributed by atoms with Crippen LogP contribution in [0, 0.1) is 26.7 Å². The van der Waals surface area contributed by atoms with Crippen molar-refractivity contribution in [2.75, 3.05) is 13.1 Å². The van der Waals surface area contributed by atoms with Gasteiger partial charge >= 0.3 is 0 Å². The highest BCUT2D eigenvalue weighted by Gasteiger charge is 2.31. The Morgan fingerprint density at radius 2 is 2.05 bits per heavy atom. The Labute approximate surface area is 114 Å². The molecule has 0 spiro atoms. The summed E-state index contributed by atoms with van der Waals surface area (Å²) in [6.45, 7) is 8.96. The second kappa shape index (κ2) is 5.37. The van der Waals surface area contributed by atoms with Crippen molar-refractivity contribution in [3.05, 3.63) is 22.6 Å². The van der Waals surface area contributed by atoms with Crippen molar-refractivity contribution in [1.82, 2.24) is 4.90 Å². The Morgan fingerprint density at radius 3 is 2.58 bits per heavy atom. The maximum atomic E-state index is 12.6. The molecule has 0 radical (unpaired) electrons. The molecule has 0 aromatic carbocycles. The van der Waals surface area contributed by atoms with Gasteiger partial charge < -0.3 is 14.4 Å². The van der Waals surface area contributed by atoms with Gasteiger partial charge in [0.25, 0.3) is 5.91 Å². The van der Waals surface area contributed by atoms with Gasteiger partial charge in [0.05, 0.1) is 11.7 Å². The van der Waals surface area contributed by atoms with Crippen LogP contribution in [-0.2, 0) is 0 Å². The Bertz CT molecular complexity index is 478. The minimum Gasteiger partial charge on any atom is -0.466 e. The molecule has 1 fully saturated rings. The molecule has 1 saturated heterocycles. The highest BCUT2D eigenvalue weighted by molar-refractivity contribution is 5.97. The minimum atomic E-state index is -0.276. The van der Waals surface area contributed by atoms with E-state index in [2.05, 4.69) is 6.92 Å². The molecule has 1 aromatic heterocycles. The van der Waals surface area contributed by atoms with Crippen LogP contribution < -0.4 is 0 Å². The topological polar surface area (TPSA) is 53.7 Å². The number of aliphatic hydroxyl groups is 1. The molecule has 1 amide bonds. The van der Waals surface area contributed by atoms with Crippen LogP contribution >= 0.6 is 0 Å². The normalized spacial score (nSPS) is 23.7. The summed E-state index contributed by atoms with van der Waals surface area (Å²) < 4.78 is 5.53. The van der Waals surface area contributed by atoms with Crippen LogP contribution in [-0.4, -0.2) is 35.1 Å². The lowest BCUT2D eigenvalue weighted by Gasteiger charge is -2.35. The smallest absolute Gasteiger partial charge is 0.257 e. The van der Waals surface area contributed by atoms with Gasteiger partial charge in [-0.2, -0.15) is 0 Å². The number of aryl methyl sites for hydroxylation is 2. The first-order valence-electron chi connectivity index (χ1n) is 6.99. The summed E-state index contributed by atoms with van der Waals surface area (Å²) in [5, 5.41) is 9.90. The van der Waals surface area contributed by atoms with Crippen molar-refractivity contribution < 1.29 is 14.3 Å². The fourth-order valence-corrected chi connectivity index (χ4v) is 2.87. The molecular weight excluding hydrogens is 242 g/mol. The largest absolute Gasteiger partial charge is 0.466 e. The van der Waals surface area contributed by atoms with E-state index in [-0.39, 0.29) is 17.9 Å². The van der Waals surface area contributed by atoms with Gasteiger partial charge in [0.15, 0.2) is 0 Å². The number of nitrogens with zero attached hydrogens (tertiary/aromatic N) is 1. The van der Waals surface area contributed by atoms with Gasteiger partial charge in [-0.1, -0.05) is 6.92 Å². The second-order valence-electron chi connectivity index (χ2n) is 5.49. The Balaban J connectivity index is 2.20. The van der Waals surface area contributed by atoms with Crippen LogP contribution in [0.4, 0.5) is 0 Å². The number of rotatable bonds is 2. The average molecular weight is 265 g/mol. The zero-order chi connectivity index (χ0) is 14.2. The molecular formula is C15H23NO3. The Kier molecular flexibility index (Phi) is 3.99. The van der Waals surface area contributed by atoms with Crippen LogP contribution in [0.15, 0.2) is 4.42 Å². The Morgan fingerprint density at radius 1 is 1.37 bits per heavy atom. The lowest BCUT2D eigenvalue weighted by Crippen LogP contribution is -2.46. The predicted molar refractivity (Wildman–Crippen MR) is 73.2 cm³/mol. The van der Waals surface area contributed by atoms with Crippen molar-refractivity contribution in [3.8, 4) is 0 Å². The molecule has 4 nitrogen and oxygen atoms in total. The first-order valence-corrected chi connectivity index (χ1v) is 6.99. The minimum absolute atomic E-state index is 0.0391. The van der Waals surface area contributed by atoms with Crippen molar-refractivity contribution >= 4 is 5.91 Å². The van der Waals surface area contributed by atoms with Gasteiger partial charge in [-0.25, -0.2) is 0 Å². The molecule has 4 heteroatoms. The molecule has 2 rings (SSSR count). The van der Waals surface area contributed by atoms with E-state index in [1.54, 1.807) is 0 Å². The Hall–Kier alpha value is -1.29.